The van der Waals surface area contributed by atoms with Crippen LogP contribution in [0.3, 0.4) is 0 Å². The van der Waals surface area contributed by atoms with E-state index in [2.05, 4.69) is 90.6 Å². The van der Waals surface area contributed by atoms with Gasteiger partial charge in [0.2, 0.25) is 0 Å². The number of hydrogen-bond acceptors (Lipinski definition) is 6. The van der Waals surface area contributed by atoms with Crippen LogP contribution >= 0.6 is 0 Å². The van der Waals surface area contributed by atoms with Crippen molar-refractivity contribution in [1.82, 2.24) is 25.5 Å². The van der Waals surface area contributed by atoms with Gasteiger partial charge in [0, 0.05) is 47.3 Å². The highest BCUT2D eigenvalue weighted by Crippen LogP contribution is 2.38. The topological polar surface area (TPSA) is 68.1 Å². The second kappa shape index (κ2) is 7.30. The highest BCUT2D eigenvalue weighted by atomic mass is 16.7. The predicted octanol–water partition coefficient (Wildman–Crippen LogP) is 3.72. The molecule has 1 aliphatic carbocycles. The van der Waals surface area contributed by atoms with Crippen LogP contribution in [0, 0.1) is 0 Å². The molecule has 168 valence electrons. The zero-order chi connectivity index (χ0) is 22.7. The van der Waals surface area contributed by atoms with Crippen LogP contribution < -0.4 is 15.1 Å². The summed E-state index contributed by atoms with van der Waals surface area (Å²) in [7, 11) is 3.77. The number of nitrogens with zero attached hydrogens (tertiary/aromatic N) is 5. The van der Waals surface area contributed by atoms with Crippen molar-refractivity contribution in [2.75, 3.05) is 19.1 Å². The number of fused-ring (bicyclic) bond motifs is 3. The van der Waals surface area contributed by atoms with Crippen molar-refractivity contribution in [3.63, 3.8) is 0 Å². The highest BCUT2D eigenvalue weighted by Gasteiger charge is 2.39. The first-order valence-electron chi connectivity index (χ1n) is 11.3. The molecule has 0 amide bonds. The highest BCUT2D eigenvalue weighted by molar-refractivity contribution is 5.77. The van der Waals surface area contributed by atoms with Crippen molar-refractivity contribution in [3.8, 4) is 22.5 Å². The first-order chi connectivity index (χ1) is 15.2. The van der Waals surface area contributed by atoms with Gasteiger partial charge in [-0.15, -0.1) is 15.3 Å². The van der Waals surface area contributed by atoms with Crippen LogP contribution in [-0.4, -0.2) is 51.4 Å². The number of anilines is 1. The molecule has 1 aromatic carbocycles. The minimum Gasteiger partial charge on any atom is -0.399 e. The monoisotopic (exact) mass is 432 g/mol. The van der Waals surface area contributed by atoms with Gasteiger partial charge >= 0.3 is 0 Å². The van der Waals surface area contributed by atoms with E-state index in [1.54, 1.807) is 12.0 Å². The lowest BCUT2D eigenvalue weighted by Gasteiger charge is -2.49. The molecule has 3 aromatic rings. The van der Waals surface area contributed by atoms with Gasteiger partial charge in [-0.3, -0.25) is 0 Å². The van der Waals surface area contributed by atoms with Crippen LogP contribution in [0.1, 0.15) is 51.7 Å². The van der Waals surface area contributed by atoms with Crippen LogP contribution in [0.4, 0.5) is 5.82 Å². The lowest BCUT2D eigenvalue weighted by Crippen LogP contribution is -2.62. The maximum atomic E-state index is 5.35. The largest absolute Gasteiger partial charge is 0.399 e. The van der Waals surface area contributed by atoms with Gasteiger partial charge in [-0.25, -0.2) is 0 Å². The molecule has 0 bridgehead atoms. The summed E-state index contributed by atoms with van der Waals surface area (Å²) in [5, 5.41) is 17.2. The molecule has 0 spiro atoms. The lowest BCUT2D eigenvalue weighted by atomic mass is 9.79. The maximum absolute atomic E-state index is 5.35. The smallest absolute Gasteiger partial charge is 0.151 e. The summed E-state index contributed by atoms with van der Waals surface area (Å²) >= 11 is 0. The van der Waals surface area contributed by atoms with Gasteiger partial charge in [0.15, 0.2) is 5.82 Å². The summed E-state index contributed by atoms with van der Waals surface area (Å²) in [5.41, 5.74) is 6.83. The third-order valence-corrected chi connectivity index (χ3v) is 6.75. The van der Waals surface area contributed by atoms with Crippen LogP contribution in [0.25, 0.3) is 22.5 Å². The minimum atomic E-state index is 0.0931. The number of benzene rings is 1. The van der Waals surface area contributed by atoms with Crippen LogP contribution in [0.15, 0.2) is 36.5 Å². The number of piperidine rings is 1. The van der Waals surface area contributed by atoms with Gasteiger partial charge in [0.1, 0.15) is 12.8 Å². The van der Waals surface area contributed by atoms with E-state index in [1.165, 1.54) is 16.7 Å². The molecule has 0 unspecified atom stereocenters. The van der Waals surface area contributed by atoms with E-state index in [-0.39, 0.29) is 11.1 Å². The van der Waals surface area contributed by atoms with Crippen LogP contribution in [0.2, 0.25) is 0 Å². The third-order valence-electron chi connectivity index (χ3n) is 6.75. The van der Waals surface area contributed by atoms with E-state index < -0.39 is 0 Å². The quantitative estimate of drug-likeness (QED) is 0.530. The van der Waals surface area contributed by atoms with Crippen molar-refractivity contribution in [2.45, 2.75) is 64.1 Å². The maximum Gasteiger partial charge on any atom is 0.151 e. The Kier molecular flexibility index (Phi) is 4.78. The Morgan fingerprint density at radius 1 is 1.03 bits per heavy atom. The number of nitrogens with one attached hydrogen (secondary N) is 1. The minimum absolute atomic E-state index is 0.0931. The molecule has 32 heavy (non-hydrogen) atoms. The summed E-state index contributed by atoms with van der Waals surface area (Å²) < 4.78 is 0. The summed E-state index contributed by atoms with van der Waals surface area (Å²) in [5.74, 6) is 0.918. The molecule has 1 saturated heterocycles. The molecule has 0 radical (unpaired) electrons. The summed E-state index contributed by atoms with van der Waals surface area (Å²) in [6.07, 6.45) is 4.88. The average molecular weight is 433 g/mol. The van der Waals surface area contributed by atoms with Gasteiger partial charge in [0.25, 0.3) is 0 Å². The Morgan fingerprint density at radius 3 is 2.44 bits per heavy atom. The summed E-state index contributed by atoms with van der Waals surface area (Å²) in [4.78, 5) is 9.24. The molecule has 1 fully saturated rings. The third kappa shape index (κ3) is 3.64. The molecule has 7 nitrogen and oxygen atoms in total. The SMILES string of the molecule is COn1ncc2c1-c1ccc(-c3ccc(N(C)C4CC(C)(C)NC(C)(C)C4)nn3)cc1C2. The summed E-state index contributed by atoms with van der Waals surface area (Å²) in [6.45, 7) is 9.11. The van der Waals surface area contributed by atoms with Gasteiger partial charge in [-0.2, -0.15) is 0 Å². The van der Waals surface area contributed by atoms with E-state index in [0.717, 1.165) is 42.0 Å². The van der Waals surface area contributed by atoms with Crippen LogP contribution in [-0.2, 0) is 6.42 Å². The number of aromatic nitrogens is 4. The van der Waals surface area contributed by atoms with Crippen molar-refractivity contribution < 1.29 is 4.84 Å². The average Bonchev–Trinajstić information content (AvgIpc) is 3.29. The Hall–Kier alpha value is -2.93. The molecular weight excluding hydrogens is 400 g/mol. The first kappa shape index (κ1) is 20.9. The molecule has 7 heteroatoms. The van der Waals surface area contributed by atoms with Gasteiger partial charge in [-0.05, 0) is 64.3 Å². The zero-order valence-electron chi connectivity index (χ0n) is 19.8. The number of rotatable bonds is 4. The normalized spacial score (nSPS) is 18.8. The molecule has 5 rings (SSSR count). The fourth-order valence-corrected chi connectivity index (χ4v) is 5.64. The Labute approximate surface area is 189 Å². The molecule has 2 aliphatic rings. The predicted molar refractivity (Wildman–Crippen MR) is 127 cm³/mol. The summed E-state index contributed by atoms with van der Waals surface area (Å²) in [6, 6.07) is 11.0. The van der Waals surface area contributed by atoms with Gasteiger partial charge in [-0.1, -0.05) is 17.0 Å². The van der Waals surface area contributed by atoms with Gasteiger partial charge < -0.3 is 15.1 Å². The molecular formula is C25H32N6O. The molecule has 0 atom stereocenters. The van der Waals surface area contributed by atoms with Crippen molar-refractivity contribution in [3.05, 3.63) is 47.7 Å². The van der Waals surface area contributed by atoms with Crippen LogP contribution in [0.5, 0.6) is 0 Å². The van der Waals surface area contributed by atoms with E-state index >= 15 is 0 Å². The molecule has 3 heterocycles. The first-order valence-corrected chi connectivity index (χ1v) is 11.3. The second-order valence-corrected chi connectivity index (χ2v) is 10.5. The fraction of sp³-hybridized carbons (Fsp3) is 0.480. The molecule has 0 saturated carbocycles. The lowest BCUT2D eigenvalue weighted by molar-refractivity contribution is 0.138. The van der Waals surface area contributed by atoms with Crippen molar-refractivity contribution in [2.24, 2.45) is 0 Å². The second-order valence-electron chi connectivity index (χ2n) is 10.5. The Balaban J connectivity index is 1.37. The Bertz CT molecular complexity index is 1130. The van der Waals surface area contributed by atoms with E-state index in [4.69, 9.17) is 4.84 Å². The van der Waals surface area contributed by atoms with Crippen molar-refractivity contribution in [1.29, 1.82) is 0 Å². The van der Waals surface area contributed by atoms with Gasteiger partial charge in [0.05, 0.1) is 11.9 Å². The Morgan fingerprint density at radius 2 is 1.78 bits per heavy atom. The van der Waals surface area contributed by atoms with E-state index in [9.17, 15) is 0 Å². The standard InChI is InChI=1S/C25H32N6O/c1-24(2)13-19(14-25(3,4)29-24)30(5)22-10-9-21(27-28-22)16-7-8-20-17(11-16)12-18-15-26-31(32-6)23(18)20/h7-11,15,19,29H,12-14H2,1-6H3. The molecule has 1 N–H and O–H groups in total. The molecule has 1 aliphatic heterocycles. The van der Waals surface area contributed by atoms with E-state index in [1.807, 2.05) is 6.20 Å². The fourth-order valence-electron chi connectivity index (χ4n) is 5.64. The number of hydrogen-bond donors (Lipinski definition) is 1. The van der Waals surface area contributed by atoms with Crippen molar-refractivity contribution >= 4 is 5.82 Å². The van der Waals surface area contributed by atoms with E-state index in [0.29, 0.717) is 6.04 Å². The zero-order valence-corrected chi connectivity index (χ0v) is 19.8. The molecule has 2 aromatic heterocycles.